The molecular weight excluding hydrogens is 300 g/mol. The second kappa shape index (κ2) is 5.49. The molecule has 0 saturated carbocycles. The first-order valence-corrected chi connectivity index (χ1v) is 7.20. The molecule has 0 spiro atoms. The van der Waals surface area contributed by atoms with Crippen LogP contribution in [0.1, 0.15) is 5.56 Å². The van der Waals surface area contributed by atoms with Gasteiger partial charge in [0.05, 0.1) is 0 Å². The Morgan fingerprint density at radius 1 is 1.10 bits per heavy atom. The van der Waals surface area contributed by atoms with Crippen molar-refractivity contribution in [1.82, 2.24) is 0 Å². The zero-order valence-corrected chi connectivity index (χ0v) is 11.4. The number of sulfonamides is 1. The molecule has 0 aliphatic heterocycles. The number of rotatable bonds is 4. The molecule has 5 nitrogen and oxygen atoms in total. The third-order valence-corrected chi connectivity index (χ3v) is 4.03. The van der Waals surface area contributed by atoms with Gasteiger partial charge in [-0.05, 0) is 42.5 Å². The molecule has 4 N–H and O–H groups in total. The molecule has 0 radical (unpaired) electrons. The summed E-state index contributed by atoms with van der Waals surface area (Å²) in [5.74, 6) is -2.08. The maximum atomic E-state index is 13.5. The van der Waals surface area contributed by atoms with Gasteiger partial charge in [0.15, 0.2) is 0 Å². The first-order chi connectivity index (χ1) is 9.79. The van der Waals surface area contributed by atoms with E-state index in [-0.39, 0.29) is 11.5 Å². The molecule has 0 aliphatic carbocycles. The third kappa shape index (κ3) is 3.34. The lowest BCUT2D eigenvalue weighted by Gasteiger charge is -2.09. The molecule has 0 aromatic heterocycles. The van der Waals surface area contributed by atoms with Crippen molar-refractivity contribution < 1.29 is 17.2 Å². The average molecular weight is 311 g/mol. The van der Waals surface area contributed by atoms with Crippen molar-refractivity contribution in [3.05, 3.63) is 59.7 Å². The van der Waals surface area contributed by atoms with Crippen LogP contribution in [0.4, 0.5) is 14.5 Å². The average Bonchev–Trinajstić information content (AvgIpc) is 2.41. The van der Waals surface area contributed by atoms with Crippen LogP contribution < -0.4 is 10.5 Å². The van der Waals surface area contributed by atoms with Gasteiger partial charge in [-0.1, -0.05) is 0 Å². The van der Waals surface area contributed by atoms with E-state index < -0.39 is 26.6 Å². The van der Waals surface area contributed by atoms with Crippen molar-refractivity contribution in [2.24, 2.45) is 5.73 Å². The predicted octanol–water partition coefficient (Wildman–Crippen LogP) is 2.05. The number of benzene rings is 2. The molecule has 2 aromatic rings. The molecule has 0 bridgehead atoms. The number of hydrogen-bond acceptors (Lipinski definition) is 3. The van der Waals surface area contributed by atoms with Gasteiger partial charge in [-0.2, -0.15) is 0 Å². The highest BCUT2D eigenvalue weighted by Gasteiger charge is 2.20. The summed E-state index contributed by atoms with van der Waals surface area (Å²) in [4.78, 5) is -0.779. The maximum Gasteiger partial charge on any atom is 0.264 e. The van der Waals surface area contributed by atoms with Gasteiger partial charge < -0.3 is 5.73 Å². The molecule has 110 valence electrons. The monoisotopic (exact) mass is 311 g/mol. The molecule has 0 saturated heterocycles. The zero-order chi connectivity index (χ0) is 15.6. The SMILES string of the molecule is N=C(N)c1ccc(NS(=O)(=O)c2cc(F)ccc2F)cc1. The van der Waals surface area contributed by atoms with Crippen molar-refractivity contribution in [3.63, 3.8) is 0 Å². The minimum absolute atomic E-state index is 0.142. The lowest BCUT2D eigenvalue weighted by molar-refractivity contribution is 0.555. The Hall–Kier alpha value is -2.48. The van der Waals surface area contributed by atoms with E-state index in [0.717, 1.165) is 12.1 Å². The number of hydrogen-bond donors (Lipinski definition) is 3. The zero-order valence-electron chi connectivity index (χ0n) is 10.6. The van der Waals surface area contributed by atoms with Crippen molar-refractivity contribution in [3.8, 4) is 0 Å². The van der Waals surface area contributed by atoms with E-state index in [1.54, 1.807) is 0 Å². The Bertz CT molecular complexity index is 790. The topological polar surface area (TPSA) is 96.0 Å². The van der Waals surface area contributed by atoms with Gasteiger partial charge in [0, 0.05) is 11.3 Å². The van der Waals surface area contributed by atoms with Crippen LogP contribution in [-0.2, 0) is 10.0 Å². The number of anilines is 1. The standard InChI is InChI=1S/C13H11F2N3O2S/c14-9-3-6-11(15)12(7-9)21(19,20)18-10-4-1-8(2-5-10)13(16)17/h1-7,18H,(H3,16,17). The molecule has 2 rings (SSSR count). The Morgan fingerprint density at radius 2 is 1.71 bits per heavy atom. The number of nitrogens with one attached hydrogen (secondary N) is 2. The van der Waals surface area contributed by atoms with Crippen LogP contribution >= 0.6 is 0 Å². The second-order valence-electron chi connectivity index (χ2n) is 4.17. The van der Waals surface area contributed by atoms with E-state index in [1.165, 1.54) is 24.3 Å². The van der Waals surface area contributed by atoms with E-state index in [0.29, 0.717) is 11.6 Å². The highest BCUT2D eigenvalue weighted by molar-refractivity contribution is 7.92. The fourth-order valence-corrected chi connectivity index (χ4v) is 2.76. The number of halogens is 2. The maximum absolute atomic E-state index is 13.5. The smallest absolute Gasteiger partial charge is 0.264 e. The first kappa shape index (κ1) is 14.9. The summed E-state index contributed by atoms with van der Waals surface area (Å²) in [5, 5.41) is 7.22. The van der Waals surface area contributed by atoms with E-state index in [9.17, 15) is 17.2 Å². The summed E-state index contributed by atoms with van der Waals surface area (Å²) in [6, 6.07) is 7.77. The van der Waals surface area contributed by atoms with Gasteiger partial charge in [-0.25, -0.2) is 17.2 Å². The molecule has 0 heterocycles. The van der Waals surface area contributed by atoms with Crippen molar-refractivity contribution in [2.75, 3.05) is 4.72 Å². The summed E-state index contributed by atoms with van der Waals surface area (Å²) in [6.45, 7) is 0. The molecule has 21 heavy (non-hydrogen) atoms. The van der Waals surface area contributed by atoms with Crippen molar-refractivity contribution in [1.29, 1.82) is 5.41 Å². The Morgan fingerprint density at radius 3 is 2.29 bits per heavy atom. The van der Waals surface area contributed by atoms with Gasteiger partial charge in [0.2, 0.25) is 0 Å². The Kier molecular flexibility index (Phi) is 3.90. The number of nitrogens with two attached hydrogens (primary N) is 1. The number of nitrogen functional groups attached to an aromatic ring is 1. The van der Waals surface area contributed by atoms with Gasteiger partial charge in [0.25, 0.3) is 10.0 Å². The van der Waals surface area contributed by atoms with Crippen LogP contribution in [0.5, 0.6) is 0 Å². The fraction of sp³-hybridized carbons (Fsp3) is 0. The highest BCUT2D eigenvalue weighted by Crippen LogP contribution is 2.20. The third-order valence-electron chi connectivity index (χ3n) is 2.63. The quantitative estimate of drug-likeness (QED) is 0.595. The van der Waals surface area contributed by atoms with Gasteiger partial charge in [-0.3, -0.25) is 10.1 Å². The summed E-state index contributed by atoms with van der Waals surface area (Å²) in [6.07, 6.45) is 0. The van der Waals surface area contributed by atoms with Gasteiger partial charge in [0.1, 0.15) is 22.4 Å². The van der Waals surface area contributed by atoms with Crippen LogP contribution in [0.15, 0.2) is 47.4 Å². The Balaban J connectivity index is 2.33. The second-order valence-corrected chi connectivity index (χ2v) is 5.82. The van der Waals surface area contributed by atoms with E-state index in [1.807, 2.05) is 0 Å². The van der Waals surface area contributed by atoms with Crippen LogP contribution in [0, 0.1) is 17.0 Å². The van der Waals surface area contributed by atoms with E-state index in [2.05, 4.69) is 4.72 Å². The fourth-order valence-electron chi connectivity index (χ4n) is 1.61. The molecular formula is C13H11F2N3O2S. The van der Waals surface area contributed by atoms with Crippen molar-refractivity contribution in [2.45, 2.75) is 4.90 Å². The van der Waals surface area contributed by atoms with Crippen LogP contribution in [0.3, 0.4) is 0 Å². The van der Waals surface area contributed by atoms with Gasteiger partial charge >= 0.3 is 0 Å². The molecule has 8 heteroatoms. The van der Waals surface area contributed by atoms with Gasteiger partial charge in [-0.15, -0.1) is 0 Å². The molecule has 2 aromatic carbocycles. The first-order valence-electron chi connectivity index (χ1n) is 5.72. The minimum atomic E-state index is -4.25. The van der Waals surface area contributed by atoms with Crippen LogP contribution in [0.25, 0.3) is 0 Å². The van der Waals surface area contributed by atoms with E-state index in [4.69, 9.17) is 11.1 Å². The lowest BCUT2D eigenvalue weighted by atomic mass is 10.2. The lowest BCUT2D eigenvalue weighted by Crippen LogP contribution is -2.15. The summed E-state index contributed by atoms with van der Waals surface area (Å²) in [7, 11) is -4.25. The highest BCUT2D eigenvalue weighted by atomic mass is 32.2. The van der Waals surface area contributed by atoms with Crippen molar-refractivity contribution >= 4 is 21.5 Å². The summed E-state index contributed by atoms with van der Waals surface area (Å²) >= 11 is 0. The molecule has 0 aliphatic rings. The molecule has 0 fully saturated rings. The van der Waals surface area contributed by atoms with E-state index >= 15 is 0 Å². The Labute approximate surface area is 120 Å². The van der Waals surface area contributed by atoms with Crippen LogP contribution in [0.2, 0.25) is 0 Å². The summed E-state index contributed by atoms with van der Waals surface area (Å²) in [5.41, 5.74) is 5.83. The largest absolute Gasteiger partial charge is 0.384 e. The number of amidine groups is 1. The molecule has 0 unspecified atom stereocenters. The normalized spacial score (nSPS) is 11.1. The molecule has 0 amide bonds. The summed E-state index contributed by atoms with van der Waals surface area (Å²) < 4.78 is 52.7. The molecule has 0 atom stereocenters. The van der Waals surface area contributed by atoms with Crippen LogP contribution in [-0.4, -0.2) is 14.3 Å². The minimum Gasteiger partial charge on any atom is -0.384 e. The predicted molar refractivity (Wildman–Crippen MR) is 74.6 cm³/mol.